The van der Waals surface area contributed by atoms with Crippen molar-refractivity contribution in [3.8, 4) is 11.5 Å². The first-order valence-corrected chi connectivity index (χ1v) is 11.4. The molecule has 0 aromatic heterocycles. The smallest absolute Gasteiger partial charge is 0.343 e. The molecular formula is C24H20Br2N2O4. The van der Waals surface area contributed by atoms with E-state index in [4.69, 9.17) is 9.47 Å². The second-order valence-corrected chi connectivity index (χ2v) is 8.49. The summed E-state index contributed by atoms with van der Waals surface area (Å²) >= 11 is 6.72. The highest BCUT2D eigenvalue weighted by molar-refractivity contribution is 9.10. The molecule has 8 heteroatoms. The molecule has 164 valence electrons. The fourth-order valence-electron chi connectivity index (χ4n) is 2.63. The fraction of sp³-hybridized carbons (Fsp3) is 0.125. The summed E-state index contributed by atoms with van der Waals surface area (Å²) < 4.78 is 12.7. The summed E-state index contributed by atoms with van der Waals surface area (Å²) in [5, 5.41) is 4.00. The maximum atomic E-state index is 12.6. The van der Waals surface area contributed by atoms with Crippen molar-refractivity contribution in [2.24, 2.45) is 5.10 Å². The van der Waals surface area contributed by atoms with Crippen LogP contribution in [0.15, 0.2) is 80.8 Å². The number of benzene rings is 3. The largest absolute Gasteiger partial charge is 0.494 e. The van der Waals surface area contributed by atoms with E-state index in [0.29, 0.717) is 34.8 Å². The predicted molar refractivity (Wildman–Crippen MR) is 131 cm³/mol. The summed E-state index contributed by atoms with van der Waals surface area (Å²) in [5.74, 6) is 0.134. The second kappa shape index (κ2) is 11.6. The molecule has 0 saturated carbocycles. The number of carbonyl (C=O) groups is 2. The molecule has 0 spiro atoms. The van der Waals surface area contributed by atoms with Crippen molar-refractivity contribution >= 4 is 50.0 Å². The number of esters is 1. The molecule has 1 N–H and O–H groups in total. The van der Waals surface area contributed by atoms with Gasteiger partial charge in [-0.2, -0.15) is 5.10 Å². The van der Waals surface area contributed by atoms with E-state index < -0.39 is 5.97 Å². The third-order valence-corrected chi connectivity index (χ3v) is 5.18. The molecule has 32 heavy (non-hydrogen) atoms. The van der Waals surface area contributed by atoms with Crippen LogP contribution in [0.25, 0.3) is 0 Å². The molecule has 0 bridgehead atoms. The van der Waals surface area contributed by atoms with Crippen LogP contribution in [0.2, 0.25) is 0 Å². The third-order valence-electron chi connectivity index (χ3n) is 4.19. The van der Waals surface area contributed by atoms with Crippen molar-refractivity contribution in [1.82, 2.24) is 5.43 Å². The molecule has 0 fully saturated rings. The monoisotopic (exact) mass is 558 g/mol. The summed E-state index contributed by atoms with van der Waals surface area (Å²) in [4.78, 5) is 24.8. The normalized spacial score (nSPS) is 10.7. The molecule has 0 radical (unpaired) electrons. The van der Waals surface area contributed by atoms with Crippen LogP contribution < -0.4 is 14.9 Å². The quantitative estimate of drug-likeness (QED) is 0.159. The Kier molecular flexibility index (Phi) is 8.58. The van der Waals surface area contributed by atoms with Crippen LogP contribution in [-0.2, 0) is 0 Å². The molecule has 6 nitrogen and oxygen atoms in total. The van der Waals surface area contributed by atoms with Crippen LogP contribution in [0.4, 0.5) is 0 Å². The average molecular weight is 560 g/mol. The van der Waals surface area contributed by atoms with Crippen LogP contribution in [0, 0.1) is 0 Å². The van der Waals surface area contributed by atoms with Gasteiger partial charge in [-0.05, 0) is 67.1 Å². The molecule has 0 aliphatic carbocycles. The van der Waals surface area contributed by atoms with Crippen LogP contribution in [0.1, 0.15) is 39.6 Å². The van der Waals surface area contributed by atoms with E-state index in [2.05, 4.69) is 42.4 Å². The number of rotatable bonds is 8. The lowest BCUT2D eigenvalue weighted by Crippen LogP contribution is -2.17. The number of nitrogens with zero attached hydrogens (tertiary/aromatic N) is 1. The fourth-order valence-corrected chi connectivity index (χ4v) is 3.41. The Morgan fingerprint density at radius 2 is 1.72 bits per heavy atom. The van der Waals surface area contributed by atoms with Crippen LogP contribution in [0.5, 0.6) is 11.5 Å². The van der Waals surface area contributed by atoms with E-state index in [0.717, 1.165) is 15.4 Å². The Hall–Kier alpha value is -2.97. The average Bonchev–Trinajstić information content (AvgIpc) is 2.79. The van der Waals surface area contributed by atoms with Gasteiger partial charge < -0.3 is 9.47 Å². The van der Waals surface area contributed by atoms with Gasteiger partial charge in [0, 0.05) is 20.1 Å². The summed E-state index contributed by atoms with van der Waals surface area (Å²) in [6, 6.07) is 18.9. The lowest BCUT2D eigenvalue weighted by Gasteiger charge is -2.09. The van der Waals surface area contributed by atoms with Gasteiger partial charge in [0.25, 0.3) is 5.91 Å². The number of amides is 1. The number of ether oxygens (including phenoxy) is 2. The van der Waals surface area contributed by atoms with Crippen LogP contribution >= 0.6 is 31.9 Å². The van der Waals surface area contributed by atoms with Crippen molar-refractivity contribution in [1.29, 1.82) is 0 Å². The Morgan fingerprint density at radius 1 is 0.969 bits per heavy atom. The van der Waals surface area contributed by atoms with Crippen molar-refractivity contribution in [2.45, 2.75) is 13.3 Å². The van der Waals surface area contributed by atoms with Gasteiger partial charge in [0.05, 0.1) is 18.4 Å². The highest BCUT2D eigenvalue weighted by Crippen LogP contribution is 2.23. The number of hydrazone groups is 1. The maximum Gasteiger partial charge on any atom is 0.343 e. The molecule has 0 aliphatic heterocycles. The van der Waals surface area contributed by atoms with Gasteiger partial charge >= 0.3 is 5.97 Å². The van der Waals surface area contributed by atoms with Crippen LogP contribution in [0.3, 0.4) is 0 Å². The number of carbonyl (C=O) groups excluding carboxylic acids is 2. The molecule has 3 rings (SSSR count). The molecule has 0 heterocycles. The minimum Gasteiger partial charge on any atom is -0.494 e. The SMILES string of the molecule is CCCOc1ccc(C(=O)Oc2ccc(Br)cc2C=NNC(=O)c2cccc(Br)c2)cc1. The summed E-state index contributed by atoms with van der Waals surface area (Å²) in [7, 11) is 0. The van der Waals surface area contributed by atoms with Gasteiger partial charge in [0.2, 0.25) is 0 Å². The van der Waals surface area contributed by atoms with Gasteiger partial charge in [0.15, 0.2) is 0 Å². The van der Waals surface area contributed by atoms with E-state index >= 15 is 0 Å². The Morgan fingerprint density at radius 3 is 2.44 bits per heavy atom. The van der Waals surface area contributed by atoms with Gasteiger partial charge in [-0.15, -0.1) is 0 Å². The van der Waals surface area contributed by atoms with Gasteiger partial charge in [0.1, 0.15) is 11.5 Å². The van der Waals surface area contributed by atoms with Crippen molar-refractivity contribution < 1.29 is 19.1 Å². The topological polar surface area (TPSA) is 77.0 Å². The Balaban J connectivity index is 1.69. The predicted octanol–water partition coefficient (Wildman–Crippen LogP) is 5.98. The minimum absolute atomic E-state index is 0.310. The first-order chi connectivity index (χ1) is 15.5. The van der Waals surface area contributed by atoms with Crippen molar-refractivity contribution in [3.63, 3.8) is 0 Å². The van der Waals surface area contributed by atoms with Gasteiger partial charge in [-0.3, -0.25) is 4.79 Å². The van der Waals surface area contributed by atoms with E-state index in [1.807, 2.05) is 13.0 Å². The van der Waals surface area contributed by atoms with Crippen molar-refractivity contribution in [3.05, 3.63) is 92.4 Å². The number of hydrogen-bond donors (Lipinski definition) is 1. The highest BCUT2D eigenvalue weighted by Gasteiger charge is 2.12. The molecule has 0 aliphatic rings. The highest BCUT2D eigenvalue weighted by atomic mass is 79.9. The standard InChI is InChI=1S/C24H20Br2N2O4/c1-2-12-31-21-9-6-16(7-10-21)24(30)32-22-11-8-20(26)14-18(22)15-27-28-23(29)17-4-3-5-19(25)13-17/h3-11,13-15H,2,12H2,1H3,(H,28,29). The molecule has 0 unspecified atom stereocenters. The lowest BCUT2D eigenvalue weighted by atomic mass is 10.2. The van der Waals surface area contributed by atoms with E-state index in [-0.39, 0.29) is 5.91 Å². The summed E-state index contributed by atoms with van der Waals surface area (Å²) in [6.45, 7) is 2.64. The molecule has 3 aromatic rings. The summed E-state index contributed by atoms with van der Waals surface area (Å²) in [5.41, 5.74) is 3.84. The zero-order chi connectivity index (χ0) is 22.9. The molecule has 0 saturated heterocycles. The van der Waals surface area contributed by atoms with Crippen molar-refractivity contribution in [2.75, 3.05) is 6.61 Å². The Labute approximate surface area is 202 Å². The first kappa shape index (κ1) is 23.7. The lowest BCUT2D eigenvalue weighted by molar-refractivity contribution is 0.0734. The van der Waals surface area contributed by atoms with E-state index in [1.165, 1.54) is 6.21 Å². The zero-order valence-electron chi connectivity index (χ0n) is 17.2. The number of hydrogen-bond acceptors (Lipinski definition) is 5. The zero-order valence-corrected chi connectivity index (χ0v) is 20.4. The van der Waals surface area contributed by atoms with E-state index in [1.54, 1.807) is 60.7 Å². The molecular weight excluding hydrogens is 540 g/mol. The number of nitrogens with one attached hydrogen (secondary N) is 1. The Bertz CT molecular complexity index is 1130. The van der Waals surface area contributed by atoms with Crippen LogP contribution in [-0.4, -0.2) is 24.7 Å². The number of halogens is 2. The third kappa shape index (κ3) is 6.77. The molecule has 3 aromatic carbocycles. The van der Waals surface area contributed by atoms with Gasteiger partial charge in [-0.25, -0.2) is 10.2 Å². The van der Waals surface area contributed by atoms with Gasteiger partial charge in [-0.1, -0.05) is 44.8 Å². The molecule has 0 atom stereocenters. The van der Waals surface area contributed by atoms with E-state index in [9.17, 15) is 9.59 Å². The molecule has 1 amide bonds. The summed E-state index contributed by atoms with van der Waals surface area (Å²) in [6.07, 6.45) is 2.33. The second-order valence-electron chi connectivity index (χ2n) is 6.65. The minimum atomic E-state index is -0.512. The maximum absolute atomic E-state index is 12.6. The first-order valence-electron chi connectivity index (χ1n) is 9.80.